The zero-order valence-corrected chi connectivity index (χ0v) is 21.5. The normalized spacial score (nSPS) is 42.9. The molecule has 6 heteroatoms. The summed E-state index contributed by atoms with van der Waals surface area (Å²) in [7, 11) is -2.13. The van der Waals surface area contributed by atoms with E-state index in [1.54, 1.807) is 13.8 Å². The van der Waals surface area contributed by atoms with Crippen molar-refractivity contribution in [1.29, 1.82) is 0 Å². The molecule has 0 aromatic rings. The van der Waals surface area contributed by atoms with Gasteiger partial charge in [0.15, 0.2) is 17.4 Å². The summed E-state index contributed by atoms with van der Waals surface area (Å²) in [6.45, 7) is 18.5. The minimum atomic E-state index is -2.13. The fourth-order valence-corrected chi connectivity index (χ4v) is 7.43. The van der Waals surface area contributed by atoms with Gasteiger partial charge in [0.25, 0.3) is 0 Å². The van der Waals surface area contributed by atoms with E-state index < -0.39 is 25.4 Å². The lowest BCUT2D eigenvalue weighted by atomic mass is 9.52. The Labute approximate surface area is 187 Å². The molecule has 0 spiro atoms. The number of carbonyl (C=O) groups is 2. The number of hydrogen-bond donors (Lipinski definition) is 1. The average molecular weight is 447 g/mol. The Hall–Kier alpha value is -1.24. The van der Waals surface area contributed by atoms with Crippen molar-refractivity contribution in [1.82, 2.24) is 0 Å². The quantitative estimate of drug-likeness (QED) is 0.619. The fraction of sp³-hybridized carbons (Fsp3) is 0.760. The van der Waals surface area contributed by atoms with Crippen molar-refractivity contribution in [2.75, 3.05) is 0 Å². The van der Waals surface area contributed by atoms with Crippen molar-refractivity contribution in [3.05, 3.63) is 23.0 Å². The van der Waals surface area contributed by atoms with Crippen LogP contribution >= 0.6 is 0 Å². The lowest BCUT2D eigenvalue weighted by molar-refractivity contribution is -0.195. The van der Waals surface area contributed by atoms with Crippen LogP contribution in [0.5, 0.6) is 0 Å². The molecule has 4 rings (SSSR count). The number of aliphatic hydroxyl groups is 1. The number of hydrogen-bond acceptors (Lipinski definition) is 5. The van der Waals surface area contributed by atoms with E-state index in [2.05, 4.69) is 33.9 Å². The fourth-order valence-electron chi connectivity index (χ4n) is 6.29. The van der Waals surface area contributed by atoms with Crippen LogP contribution in [0.15, 0.2) is 23.0 Å². The lowest BCUT2D eigenvalue weighted by Crippen LogP contribution is -2.54. The molecular weight excluding hydrogens is 408 g/mol. The van der Waals surface area contributed by atoms with Gasteiger partial charge in [-0.25, -0.2) is 0 Å². The summed E-state index contributed by atoms with van der Waals surface area (Å²) >= 11 is 0. The van der Waals surface area contributed by atoms with E-state index in [0.717, 1.165) is 11.3 Å². The molecule has 1 aliphatic heterocycles. The highest BCUT2D eigenvalue weighted by Gasteiger charge is 2.67. The second kappa shape index (κ2) is 6.64. The number of allylic oxidation sites excluding steroid dienone is 3. The number of rotatable bonds is 2. The van der Waals surface area contributed by atoms with E-state index in [0.29, 0.717) is 18.4 Å². The number of ether oxygens (including phenoxy) is 1. The van der Waals surface area contributed by atoms with Crippen LogP contribution < -0.4 is 0 Å². The van der Waals surface area contributed by atoms with Gasteiger partial charge in [0.05, 0.1) is 11.9 Å². The van der Waals surface area contributed by atoms with Gasteiger partial charge in [0, 0.05) is 35.5 Å². The summed E-state index contributed by atoms with van der Waals surface area (Å²) in [5.74, 6) is -0.955. The molecule has 2 fully saturated rings. The van der Waals surface area contributed by atoms with Crippen molar-refractivity contribution in [3.63, 3.8) is 0 Å². The zero-order valence-electron chi connectivity index (χ0n) is 20.5. The van der Waals surface area contributed by atoms with Gasteiger partial charge in [0.2, 0.25) is 8.32 Å². The maximum Gasteiger partial charge on any atom is 0.250 e. The summed E-state index contributed by atoms with van der Waals surface area (Å²) in [5, 5.41) is 10.9. The maximum atomic E-state index is 13.6. The zero-order chi connectivity index (χ0) is 23.3. The summed E-state index contributed by atoms with van der Waals surface area (Å²) in [5.41, 5.74) is 0.874. The molecule has 0 aromatic heterocycles. The van der Waals surface area contributed by atoms with Crippen molar-refractivity contribution >= 4 is 19.9 Å². The largest absolute Gasteiger partial charge is 0.547 e. The Kier molecular flexibility index (Phi) is 4.91. The van der Waals surface area contributed by atoms with Gasteiger partial charge in [-0.05, 0) is 55.6 Å². The van der Waals surface area contributed by atoms with E-state index in [-0.39, 0.29) is 40.5 Å². The second-order valence-corrected chi connectivity index (χ2v) is 16.9. The van der Waals surface area contributed by atoms with Gasteiger partial charge in [-0.2, -0.15) is 0 Å². The van der Waals surface area contributed by atoms with Gasteiger partial charge in [-0.15, -0.1) is 0 Å². The molecule has 1 saturated heterocycles. The van der Waals surface area contributed by atoms with Gasteiger partial charge < -0.3 is 14.3 Å². The first kappa shape index (κ1) is 22.9. The summed E-state index contributed by atoms with van der Waals surface area (Å²) in [6.07, 6.45) is 2.51. The topological polar surface area (TPSA) is 72.8 Å². The van der Waals surface area contributed by atoms with E-state index in [4.69, 9.17) is 9.16 Å². The van der Waals surface area contributed by atoms with E-state index in [9.17, 15) is 14.7 Å². The Morgan fingerprint density at radius 3 is 2.39 bits per heavy atom. The Morgan fingerprint density at radius 1 is 1.19 bits per heavy atom. The van der Waals surface area contributed by atoms with Crippen LogP contribution in [0.25, 0.3) is 0 Å². The lowest BCUT2D eigenvalue weighted by Gasteiger charge is -2.50. The first-order valence-corrected chi connectivity index (χ1v) is 14.5. The molecule has 1 N–H and O–H groups in total. The van der Waals surface area contributed by atoms with Gasteiger partial charge in [-0.3, -0.25) is 9.59 Å². The van der Waals surface area contributed by atoms with Gasteiger partial charge >= 0.3 is 0 Å². The van der Waals surface area contributed by atoms with Crippen LogP contribution in [-0.2, 0) is 18.8 Å². The van der Waals surface area contributed by atoms with E-state index >= 15 is 0 Å². The summed E-state index contributed by atoms with van der Waals surface area (Å²) < 4.78 is 12.9. The number of fused-ring (bicyclic) bond motifs is 5. The highest BCUT2D eigenvalue weighted by molar-refractivity contribution is 6.74. The molecule has 1 unspecified atom stereocenters. The highest BCUT2D eigenvalue weighted by atomic mass is 28.4. The van der Waals surface area contributed by atoms with Crippen LogP contribution in [-0.4, -0.2) is 36.9 Å². The molecule has 0 aromatic carbocycles. The van der Waals surface area contributed by atoms with Gasteiger partial charge in [-0.1, -0.05) is 34.6 Å². The molecule has 0 bridgehead atoms. The van der Waals surface area contributed by atoms with E-state index in [1.807, 2.05) is 13.8 Å². The smallest absolute Gasteiger partial charge is 0.250 e. The summed E-state index contributed by atoms with van der Waals surface area (Å²) in [4.78, 5) is 26.8. The third kappa shape index (κ3) is 3.08. The molecule has 1 saturated carbocycles. The minimum absolute atomic E-state index is 0.0153. The molecule has 7 atom stereocenters. The van der Waals surface area contributed by atoms with Crippen molar-refractivity contribution in [2.24, 2.45) is 29.1 Å². The number of carbonyl (C=O) groups excluding carboxylic acids is 2. The SMILES string of the molecule is CC1=CC(=O)[C@H]2CC(O[Si](C)(C)C(C)(C)C)=C3C[C@@H]4OC(C)(O)[C@@H](C)[C@@H]4[C@H]3[C@@]2(C)C1=O. The first-order valence-electron chi connectivity index (χ1n) is 11.6. The molecule has 5 nitrogen and oxygen atoms in total. The van der Waals surface area contributed by atoms with Gasteiger partial charge in [0.1, 0.15) is 0 Å². The molecule has 0 amide bonds. The molecule has 0 radical (unpaired) electrons. The molecule has 31 heavy (non-hydrogen) atoms. The number of ketones is 2. The third-order valence-electron chi connectivity index (χ3n) is 9.27. The molecule has 3 aliphatic carbocycles. The van der Waals surface area contributed by atoms with Crippen molar-refractivity contribution in [3.8, 4) is 0 Å². The summed E-state index contributed by atoms with van der Waals surface area (Å²) in [6, 6.07) is 0. The predicted molar refractivity (Wildman–Crippen MR) is 122 cm³/mol. The molecule has 4 aliphatic rings. The van der Waals surface area contributed by atoms with Crippen molar-refractivity contribution in [2.45, 2.75) is 91.3 Å². The van der Waals surface area contributed by atoms with E-state index in [1.165, 1.54) is 6.08 Å². The Balaban J connectivity index is 1.88. The average Bonchev–Trinajstić information content (AvgIpc) is 3.08. The number of Topliss-reactive ketones (excluding diaryl/α,β-unsaturated/α-hetero) is 1. The Bertz CT molecular complexity index is 905. The minimum Gasteiger partial charge on any atom is -0.547 e. The van der Waals surface area contributed by atoms with Crippen LogP contribution in [0.2, 0.25) is 18.1 Å². The van der Waals surface area contributed by atoms with Crippen LogP contribution in [0.4, 0.5) is 0 Å². The standard InChI is InChI=1S/C25H38O5Si/c1-13-10-17(26)16-12-18(30-31(8,9)23(3,4)5)15-11-19-20(14(2)25(7,28)29-19)21(15)24(16,6)22(13)27/h10,14,16,19-21,28H,11-12H2,1-9H3/t14-,16+,19-,20-,21-,24-,25?/m0/s1. The van der Waals surface area contributed by atoms with Crippen LogP contribution in [0.1, 0.15) is 61.3 Å². The monoisotopic (exact) mass is 446 g/mol. The maximum absolute atomic E-state index is 13.6. The molecular formula is C25H38O5Si. The Morgan fingerprint density at radius 2 is 1.81 bits per heavy atom. The first-order chi connectivity index (χ1) is 14.0. The predicted octanol–water partition coefficient (Wildman–Crippen LogP) is 4.77. The third-order valence-corrected chi connectivity index (χ3v) is 13.6. The second-order valence-electron chi connectivity index (χ2n) is 12.2. The highest BCUT2D eigenvalue weighted by Crippen LogP contribution is 2.64. The molecule has 1 heterocycles. The molecule has 172 valence electrons. The van der Waals surface area contributed by atoms with Crippen molar-refractivity contribution < 1.29 is 23.9 Å². The van der Waals surface area contributed by atoms with Crippen LogP contribution in [0, 0.1) is 29.1 Å². The van der Waals surface area contributed by atoms with Crippen LogP contribution in [0.3, 0.4) is 0 Å².